The Balaban J connectivity index is 2.29. The molecule has 0 amide bonds. The molecule has 0 N–H and O–H groups in total. The van der Waals surface area contributed by atoms with Crippen molar-refractivity contribution in [1.82, 2.24) is 4.98 Å². The smallest absolute Gasteiger partial charge is 0.0891 e. The van der Waals surface area contributed by atoms with E-state index in [1.54, 1.807) is 0 Å². The minimum Gasteiger partial charge on any atom is -0.245 e. The number of aromatic nitrogens is 1. The summed E-state index contributed by atoms with van der Waals surface area (Å²) in [5.74, 6) is 0. The third-order valence-corrected chi connectivity index (χ3v) is 4.72. The van der Waals surface area contributed by atoms with Gasteiger partial charge in [0.1, 0.15) is 0 Å². The first kappa shape index (κ1) is 10.0. The van der Waals surface area contributed by atoms with E-state index in [9.17, 15) is 0 Å². The van der Waals surface area contributed by atoms with E-state index in [1.165, 1.54) is 25.9 Å². The predicted molar refractivity (Wildman–Crippen MR) is 78.5 cm³/mol. The van der Waals surface area contributed by atoms with Crippen LogP contribution in [0.15, 0.2) is 48.5 Å². The molecule has 86 valence electrons. The van der Waals surface area contributed by atoms with Crippen molar-refractivity contribution in [2.24, 2.45) is 0 Å². The molecule has 1 aliphatic carbocycles. The monoisotopic (exact) mass is 249 g/mol. The van der Waals surface area contributed by atoms with E-state index >= 15 is 0 Å². The fraction of sp³-hybridized carbons (Fsp3) is 0.0625. The molecular weight excluding hydrogens is 238 g/mol. The van der Waals surface area contributed by atoms with Crippen LogP contribution in [0.3, 0.4) is 0 Å². The van der Waals surface area contributed by atoms with Gasteiger partial charge in [0, 0.05) is 5.39 Å². The minimum absolute atomic E-state index is 1.09. The molecule has 1 heterocycles. The molecule has 2 aromatic rings. The van der Waals surface area contributed by atoms with E-state index < -0.39 is 0 Å². The Morgan fingerprint density at radius 2 is 1.61 bits per heavy atom. The second-order valence-corrected chi connectivity index (χ2v) is 5.58. The van der Waals surface area contributed by atoms with Gasteiger partial charge in [-0.05, 0) is 30.0 Å². The van der Waals surface area contributed by atoms with Crippen molar-refractivity contribution >= 4 is 32.3 Å². The normalized spacial score (nSPS) is 11.6. The summed E-state index contributed by atoms with van der Waals surface area (Å²) in [5, 5.41) is 2.60. The predicted octanol–water partition coefficient (Wildman–Crippen LogP) is 4.86. The molecule has 0 fully saturated rings. The van der Waals surface area contributed by atoms with Crippen LogP contribution in [-0.2, 0) is 0 Å². The van der Waals surface area contributed by atoms with E-state index in [-0.39, 0.29) is 0 Å². The number of nitrogens with zero attached hydrogens (tertiary/aromatic N) is 1. The zero-order valence-electron chi connectivity index (χ0n) is 9.97. The van der Waals surface area contributed by atoms with Crippen LogP contribution >= 0.6 is 11.3 Å². The fourth-order valence-corrected chi connectivity index (χ4v) is 3.64. The van der Waals surface area contributed by atoms with E-state index in [0.29, 0.717) is 0 Å². The molecule has 2 aliphatic rings. The molecule has 1 nitrogen and oxygen atoms in total. The first-order chi connectivity index (χ1) is 8.84. The summed E-state index contributed by atoms with van der Waals surface area (Å²) in [6.07, 6.45) is 0. The van der Waals surface area contributed by atoms with Gasteiger partial charge in [-0.15, -0.1) is 11.3 Å². The summed E-state index contributed by atoms with van der Waals surface area (Å²) >= 11 is 1.84. The van der Waals surface area contributed by atoms with Crippen LogP contribution in [0.5, 0.6) is 0 Å². The Morgan fingerprint density at radius 1 is 0.889 bits per heavy atom. The summed E-state index contributed by atoms with van der Waals surface area (Å²) < 4.78 is 1.25. The number of para-hydroxylation sites is 1. The number of fused-ring (bicyclic) bond motifs is 4. The number of rotatable bonds is 0. The fourth-order valence-electron chi connectivity index (χ4n) is 2.54. The Labute approximate surface area is 109 Å². The minimum atomic E-state index is 1.09. The van der Waals surface area contributed by atoms with Crippen molar-refractivity contribution in [1.29, 1.82) is 0 Å². The first-order valence-electron chi connectivity index (χ1n) is 6.01. The summed E-state index contributed by atoms with van der Waals surface area (Å²) in [7, 11) is 0. The standard InChI is InChI=1S/C16H11NS/c1-10-11-6-2-3-7-12(11)15-16(10)18-14-9-5-4-8-13(14)17-15/h2-9H,1H3. The lowest BCUT2D eigenvalue weighted by atomic mass is 10.2. The number of aryl methyl sites for hydroxylation is 1. The SMILES string of the molecule is Cc1c2sc3ccccc3nc-2c2ccccc12. The summed E-state index contributed by atoms with van der Waals surface area (Å²) in [6, 6.07) is 16.9. The van der Waals surface area contributed by atoms with Gasteiger partial charge in [-0.25, -0.2) is 4.98 Å². The molecule has 1 aliphatic heterocycles. The number of hydrogen-bond donors (Lipinski definition) is 0. The number of hydrogen-bond acceptors (Lipinski definition) is 2. The summed E-state index contributed by atoms with van der Waals surface area (Å²) in [5.41, 5.74) is 3.58. The van der Waals surface area contributed by atoms with Crippen molar-refractivity contribution in [2.75, 3.05) is 0 Å². The van der Waals surface area contributed by atoms with Crippen LogP contribution in [0.2, 0.25) is 0 Å². The van der Waals surface area contributed by atoms with Crippen molar-refractivity contribution < 1.29 is 0 Å². The molecular formula is C16H11NS. The third kappa shape index (κ3) is 1.24. The van der Waals surface area contributed by atoms with Gasteiger partial charge in [-0.2, -0.15) is 0 Å². The van der Waals surface area contributed by atoms with Crippen LogP contribution in [0, 0.1) is 6.92 Å². The Bertz CT molecular complexity index is 844. The molecule has 0 radical (unpaired) electrons. The molecule has 2 heteroatoms. The van der Waals surface area contributed by atoms with Crippen LogP contribution in [0.25, 0.3) is 31.6 Å². The lowest BCUT2D eigenvalue weighted by molar-refractivity contribution is 1.45. The highest BCUT2D eigenvalue weighted by Gasteiger charge is 2.17. The Kier molecular flexibility index (Phi) is 1.97. The summed E-state index contributed by atoms with van der Waals surface area (Å²) in [4.78, 5) is 6.15. The second kappa shape index (κ2) is 3.53. The van der Waals surface area contributed by atoms with E-state index in [2.05, 4.69) is 49.4 Å². The van der Waals surface area contributed by atoms with Crippen molar-refractivity contribution in [3.63, 3.8) is 0 Å². The topological polar surface area (TPSA) is 12.9 Å². The maximum absolute atomic E-state index is 4.84. The van der Waals surface area contributed by atoms with E-state index in [0.717, 1.165) is 11.2 Å². The lowest BCUT2D eigenvalue weighted by Gasteiger charge is -2.02. The number of benzene rings is 2. The summed E-state index contributed by atoms with van der Waals surface area (Å²) in [6.45, 7) is 2.19. The van der Waals surface area contributed by atoms with Gasteiger partial charge in [-0.3, -0.25) is 0 Å². The highest BCUT2D eigenvalue weighted by atomic mass is 32.1. The Hall–Kier alpha value is -1.93. The van der Waals surface area contributed by atoms with Crippen molar-refractivity contribution in [3.8, 4) is 10.6 Å². The van der Waals surface area contributed by atoms with E-state index in [4.69, 9.17) is 4.98 Å². The molecule has 0 aromatic heterocycles. The van der Waals surface area contributed by atoms with Crippen LogP contribution in [-0.4, -0.2) is 4.98 Å². The van der Waals surface area contributed by atoms with Gasteiger partial charge in [0.25, 0.3) is 0 Å². The van der Waals surface area contributed by atoms with Crippen molar-refractivity contribution in [2.45, 2.75) is 6.92 Å². The molecule has 0 saturated carbocycles. The maximum Gasteiger partial charge on any atom is 0.0891 e. The lowest BCUT2D eigenvalue weighted by Crippen LogP contribution is -1.82. The van der Waals surface area contributed by atoms with Gasteiger partial charge in [-0.1, -0.05) is 36.4 Å². The molecule has 4 rings (SSSR count). The van der Waals surface area contributed by atoms with Crippen LogP contribution < -0.4 is 0 Å². The second-order valence-electron chi connectivity index (χ2n) is 4.53. The highest BCUT2D eigenvalue weighted by Crippen LogP contribution is 2.41. The molecule has 18 heavy (non-hydrogen) atoms. The van der Waals surface area contributed by atoms with Crippen LogP contribution in [0.4, 0.5) is 0 Å². The van der Waals surface area contributed by atoms with Gasteiger partial charge in [0.05, 0.1) is 20.8 Å². The molecule has 2 aromatic carbocycles. The zero-order chi connectivity index (χ0) is 12.1. The van der Waals surface area contributed by atoms with Gasteiger partial charge >= 0.3 is 0 Å². The van der Waals surface area contributed by atoms with Gasteiger partial charge in [0.2, 0.25) is 0 Å². The zero-order valence-corrected chi connectivity index (χ0v) is 10.8. The third-order valence-electron chi connectivity index (χ3n) is 3.45. The highest BCUT2D eigenvalue weighted by molar-refractivity contribution is 7.21. The molecule has 0 spiro atoms. The van der Waals surface area contributed by atoms with Crippen LogP contribution in [0.1, 0.15) is 5.56 Å². The average molecular weight is 249 g/mol. The van der Waals surface area contributed by atoms with E-state index in [1.807, 2.05) is 17.4 Å². The van der Waals surface area contributed by atoms with Gasteiger partial charge < -0.3 is 0 Å². The van der Waals surface area contributed by atoms with Gasteiger partial charge in [0.15, 0.2) is 0 Å². The molecule has 0 saturated heterocycles. The maximum atomic E-state index is 4.84. The average Bonchev–Trinajstić information content (AvgIpc) is 2.71. The molecule has 0 bridgehead atoms. The quantitative estimate of drug-likeness (QED) is 0.433. The Morgan fingerprint density at radius 3 is 2.50 bits per heavy atom. The largest absolute Gasteiger partial charge is 0.245 e. The molecule has 0 atom stereocenters. The first-order valence-corrected chi connectivity index (χ1v) is 6.83. The van der Waals surface area contributed by atoms with Crippen molar-refractivity contribution in [3.05, 3.63) is 54.1 Å². The molecule has 0 unspecified atom stereocenters.